The Morgan fingerprint density at radius 2 is 1.82 bits per heavy atom. The van der Waals surface area contributed by atoms with Crippen molar-refractivity contribution in [2.24, 2.45) is 0 Å². The average molecular weight is 211 g/mol. The zero-order chi connectivity index (χ0) is 8.10. The minimum absolute atomic E-state index is 0.766. The molecule has 0 fully saturated rings. The summed E-state index contributed by atoms with van der Waals surface area (Å²) in [5.74, 6) is 0. The van der Waals surface area contributed by atoms with Gasteiger partial charge in [-0.1, -0.05) is 34.1 Å². The lowest BCUT2D eigenvalue weighted by Crippen LogP contribution is -1.70. The molecule has 0 atom stereocenters. The predicted octanol–water partition coefficient (Wildman–Crippen LogP) is 2.66. The molecule has 0 amide bonds. The molecular weight excluding hydrogens is 204 g/mol. The predicted molar refractivity (Wildman–Crippen MR) is 49.2 cm³/mol. The van der Waals surface area contributed by atoms with Gasteiger partial charge in [-0.3, -0.25) is 4.79 Å². The number of halogens is 1. The zero-order valence-corrected chi connectivity index (χ0v) is 7.41. The molecule has 0 unspecified atom stereocenters. The van der Waals surface area contributed by atoms with E-state index in [2.05, 4.69) is 15.9 Å². The van der Waals surface area contributed by atoms with E-state index in [1.807, 2.05) is 24.3 Å². The second-order valence-electron chi connectivity index (χ2n) is 2.05. The van der Waals surface area contributed by atoms with Crippen LogP contribution >= 0.6 is 15.9 Å². The topological polar surface area (TPSA) is 17.1 Å². The molecule has 0 aliphatic heterocycles. The Kier molecular flexibility index (Phi) is 3.05. The van der Waals surface area contributed by atoms with E-state index in [0.717, 1.165) is 16.3 Å². The van der Waals surface area contributed by atoms with Gasteiger partial charge in [-0.05, 0) is 23.8 Å². The second kappa shape index (κ2) is 4.09. The number of hydrogen-bond acceptors (Lipinski definition) is 1. The molecule has 0 aliphatic rings. The zero-order valence-electron chi connectivity index (χ0n) is 5.83. The van der Waals surface area contributed by atoms with Crippen LogP contribution in [0.1, 0.15) is 5.56 Å². The molecular formula is C9H7BrO. The number of rotatable bonds is 2. The van der Waals surface area contributed by atoms with Crippen molar-refractivity contribution in [3.05, 3.63) is 40.4 Å². The third kappa shape index (κ3) is 2.68. The number of benzene rings is 1. The fraction of sp³-hybridized carbons (Fsp3) is 0. The quantitative estimate of drug-likeness (QED) is 0.542. The van der Waals surface area contributed by atoms with Crippen LogP contribution in [0.3, 0.4) is 0 Å². The molecule has 0 saturated heterocycles. The Labute approximate surface area is 73.9 Å². The standard InChI is InChI=1S/C9H7BrO/c10-9-5-3-8(4-6-9)2-1-7-11/h1-7H. The molecule has 1 aromatic carbocycles. The Morgan fingerprint density at radius 1 is 1.18 bits per heavy atom. The minimum atomic E-state index is 0.766. The van der Waals surface area contributed by atoms with Crippen LogP contribution < -0.4 is 0 Å². The lowest BCUT2D eigenvalue weighted by molar-refractivity contribution is -0.104. The van der Waals surface area contributed by atoms with Crippen molar-refractivity contribution in [1.82, 2.24) is 0 Å². The lowest BCUT2D eigenvalue weighted by atomic mass is 10.2. The molecule has 0 spiro atoms. The smallest absolute Gasteiger partial charge is 0.142 e. The highest BCUT2D eigenvalue weighted by atomic mass is 79.9. The highest BCUT2D eigenvalue weighted by Gasteiger charge is 1.85. The fourth-order valence-corrected chi connectivity index (χ4v) is 0.989. The number of allylic oxidation sites excluding steroid dienone is 1. The third-order valence-corrected chi connectivity index (χ3v) is 1.77. The largest absolute Gasteiger partial charge is 0.299 e. The summed E-state index contributed by atoms with van der Waals surface area (Å²) in [5, 5.41) is 0. The first kappa shape index (κ1) is 8.21. The van der Waals surface area contributed by atoms with Crippen molar-refractivity contribution in [2.45, 2.75) is 0 Å². The maximum Gasteiger partial charge on any atom is 0.142 e. The van der Waals surface area contributed by atoms with E-state index in [1.165, 1.54) is 6.08 Å². The van der Waals surface area contributed by atoms with Crippen LogP contribution in [0.5, 0.6) is 0 Å². The van der Waals surface area contributed by atoms with Gasteiger partial charge in [0.2, 0.25) is 0 Å². The first-order chi connectivity index (χ1) is 5.33. The molecule has 1 rings (SSSR count). The molecule has 56 valence electrons. The third-order valence-electron chi connectivity index (χ3n) is 1.24. The van der Waals surface area contributed by atoms with E-state index < -0.39 is 0 Å². The van der Waals surface area contributed by atoms with Gasteiger partial charge in [0.05, 0.1) is 0 Å². The normalized spacial score (nSPS) is 10.3. The van der Waals surface area contributed by atoms with Crippen LogP contribution in [-0.2, 0) is 4.79 Å². The van der Waals surface area contributed by atoms with Crippen molar-refractivity contribution in [3.63, 3.8) is 0 Å². The summed E-state index contributed by atoms with van der Waals surface area (Å²) >= 11 is 3.32. The molecule has 1 nitrogen and oxygen atoms in total. The number of aldehydes is 1. The van der Waals surface area contributed by atoms with Gasteiger partial charge >= 0.3 is 0 Å². The van der Waals surface area contributed by atoms with E-state index in [0.29, 0.717) is 0 Å². The molecule has 2 heteroatoms. The fourth-order valence-electron chi connectivity index (χ4n) is 0.724. The van der Waals surface area contributed by atoms with Gasteiger partial charge in [0, 0.05) is 4.47 Å². The van der Waals surface area contributed by atoms with Crippen molar-refractivity contribution < 1.29 is 4.79 Å². The van der Waals surface area contributed by atoms with Crippen molar-refractivity contribution in [1.29, 1.82) is 0 Å². The summed E-state index contributed by atoms with van der Waals surface area (Å²) in [6.45, 7) is 0. The van der Waals surface area contributed by atoms with Crippen molar-refractivity contribution in [3.8, 4) is 0 Å². The van der Waals surface area contributed by atoms with Crippen LogP contribution in [0.25, 0.3) is 6.08 Å². The van der Waals surface area contributed by atoms with Gasteiger partial charge in [-0.15, -0.1) is 0 Å². The summed E-state index contributed by atoms with van der Waals surface area (Å²) in [6.07, 6.45) is 4.00. The lowest BCUT2D eigenvalue weighted by Gasteiger charge is -1.91. The van der Waals surface area contributed by atoms with Crippen LogP contribution in [-0.4, -0.2) is 6.29 Å². The van der Waals surface area contributed by atoms with Gasteiger partial charge in [0.1, 0.15) is 6.29 Å². The van der Waals surface area contributed by atoms with Gasteiger partial charge in [0.25, 0.3) is 0 Å². The highest BCUT2D eigenvalue weighted by Crippen LogP contribution is 2.10. The van der Waals surface area contributed by atoms with Gasteiger partial charge in [0.15, 0.2) is 0 Å². The van der Waals surface area contributed by atoms with Crippen LogP contribution in [0.4, 0.5) is 0 Å². The number of carbonyl (C=O) groups is 1. The maximum atomic E-state index is 9.95. The molecule has 0 bridgehead atoms. The Morgan fingerprint density at radius 3 is 2.36 bits per heavy atom. The first-order valence-corrected chi connectivity index (χ1v) is 3.99. The average Bonchev–Trinajstić information content (AvgIpc) is 2.04. The van der Waals surface area contributed by atoms with E-state index in [-0.39, 0.29) is 0 Å². The van der Waals surface area contributed by atoms with Crippen LogP contribution in [0.15, 0.2) is 34.8 Å². The van der Waals surface area contributed by atoms with E-state index >= 15 is 0 Å². The monoisotopic (exact) mass is 210 g/mol. The van der Waals surface area contributed by atoms with E-state index in [4.69, 9.17) is 0 Å². The van der Waals surface area contributed by atoms with Gasteiger partial charge in [-0.2, -0.15) is 0 Å². The van der Waals surface area contributed by atoms with E-state index in [1.54, 1.807) is 6.08 Å². The van der Waals surface area contributed by atoms with Crippen molar-refractivity contribution in [2.75, 3.05) is 0 Å². The molecule has 0 N–H and O–H groups in total. The Bertz CT molecular complexity index is 261. The first-order valence-electron chi connectivity index (χ1n) is 3.20. The highest BCUT2D eigenvalue weighted by molar-refractivity contribution is 9.10. The SMILES string of the molecule is O=CC=Cc1ccc(Br)cc1. The molecule has 11 heavy (non-hydrogen) atoms. The molecule has 0 aromatic heterocycles. The number of hydrogen-bond donors (Lipinski definition) is 0. The van der Waals surface area contributed by atoms with Crippen LogP contribution in [0, 0.1) is 0 Å². The molecule has 0 radical (unpaired) electrons. The minimum Gasteiger partial charge on any atom is -0.299 e. The molecule has 0 saturated carbocycles. The number of carbonyl (C=O) groups excluding carboxylic acids is 1. The summed E-state index contributed by atoms with van der Waals surface area (Å²) in [5.41, 5.74) is 1.03. The Hall–Kier alpha value is -0.890. The summed E-state index contributed by atoms with van der Waals surface area (Å²) in [6, 6.07) is 7.74. The maximum absolute atomic E-state index is 9.95. The molecule has 0 heterocycles. The van der Waals surface area contributed by atoms with Gasteiger partial charge in [-0.25, -0.2) is 0 Å². The summed E-state index contributed by atoms with van der Waals surface area (Å²) < 4.78 is 1.04. The summed E-state index contributed by atoms with van der Waals surface area (Å²) in [4.78, 5) is 9.95. The van der Waals surface area contributed by atoms with Crippen LogP contribution in [0.2, 0.25) is 0 Å². The second-order valence-corrected chi connectivity index (χ2v) is 2.96. The van der Waals surface area contributed by atoms with Crippen molar-refractivity contribution >= 4 is 28.3 Å². The molecule has 0 aliphatic carbocycles. The molecule has 1 aromatic rings. The Balaban J connectivity index is 2.81. The van der Waals surface area contributed by atoms with Gasteiger partial charge < -0.3 is 0 Å². The summed E-state index contributed by atoms with van der Waals surface area (Å²) in [7, 11) is 0. The van der Waals surface area contributed by atoms with E-state index in [9.17, 15) is 4.79 Å².